The molecule has 6 heteroatoms. The van der Waals surface area contributed by atoms with E-state index in [9.17, 15) is 9.59 Å². The summed E-state index contributed by atoms with van der Waals surface area (Å²) in [5.74, 6) is -0.961. The zero-order valence-electron chi connectivity index (χ0n) is 13.4. The van der Waals surface area contributed by atoms with Gasteiger partial charge >= 0.3 is 12.1 Å². The maximum absolute atomic E-state index is 12.2. The number of aliphatic carboxylic acids is 1. The fourth-order valence-corrected chi connectivity index (χ4v) is 2.33. The highest BCUT2D eigenvalue weighted by Crippen LogP contribution is 2.21. The Bertz CT molecular complexity index is 364. The molecule has 0 spiro atoms. The molecule has 1 N–H and O–H groups in total. The van der Waals surface area contributed by atoms with Gasteiger partial charge in [0.1, 0.15) is 5.60 Å². The first-order chi connectivity index (χ1) is 9.74. The molecule has 1 aliphatic rings. The first-order valence-corrected chi connectivity index (χ1v) is 7.58. The third-order valence-corrected chi connectivity index (χ3v) is 3.39. The van der Waals surface area contributed by atoms with E-state index in [4.69, 9.17) is 14.6 Å². The van der Waals surface area contributed by atoms with Gasteiger partial charge in [0, 0.05) is 6.54 Å². The largest absolute Gasteiger partial charge is 0.479 e. The van der Waals surface area contributed by atoms with Crippen LogP contribution in [-0.2, 0) is 14.3 Å². The Hall–Kier alpha value is -1.30. The van der Waals surface area contributed by atoms with Crippen molar-refractivity contribution in [1.82, 2.24) is 4.90 Å². The van der Waals surface area contributed by atoms with Crippen molar-refractivity contribution >= 4 is 12.1 Å². The van der Waals surface area contributed by atoms with Gasteiger partial charge in [-0.1, -0.05) is 6.92 Å². The minimum Gasteiger partial charge on any atom is -0.479 e. The van der Waals surface area contributed by atoms with Crippen molar-refractivity contribution in [1.29, 1.82) is 0 Å². The lowest BCUT2D eigenvalue weighted by Crippen LogP contribution is -2.48. The number of carboxylic acids is 1. The molecule has 1 heterocycles. The summed E-state index contributed by atoms with van der Waals surface area (Å²) >= 11 is 0. The van der Waals surface area contributed by atoms with Crippen molar-refractivity contribution in [2.45, 2.75) is 71.1 Å². The molecule has 0 aromatic rings. The maximum Gasteiger partial charge on any atom is 0.410 e. The molecule has 0 radical (unpaired) electrons. The molecule has 0 saturated carbocycles. The topological polar surface area (TPSA) is 76.1 Å². The van der Waals surface area contributed by atoms with E-state index >= 15 is 0 Å². The Morgan fingerprint density at radius 1 is 1.33 bits per heavy atom. The number of rotatable bonds is 5. The van der Waals surface area contributed by atoms with Crippen LogP contribution >= 0.6 is 0 Å². The van der Waals surface area contributed by atoms with Crippen LogP contribution in [0.15, 0.2) is 0 Å². The third-order valence-electron chi connectivity index (χ3n) is 3.39. The van der Waals surface area contributed by atoms with E-state index in [2.05, 4.69) is 0 Å². The van der Waals surface area contributed by atoms with Gasteiger partial charge in [-0.3, -0.25) is 0 Å². The van der Waals surface area contributed by atoms with Crippen molar-refractivity contribution in [2.24, 2.45) is 0 Å². The van der Waals surface area contributed by atoms with Gasteiger partial charge in [0.2, 0.25) is 0 Å². The Morgan fingerprint density at radius 2 is 2.00 bits per heavy atom. The lowest BCUT2D eigenvalue weighted by atomic mass is 10.0. The molecule has 2 unspecified atom stereocenters. The average Bonchev–Trinajstić information content (AvgIpc) is 2.37. The van der Waals surface area contributed by atoms with Gasteiger partial charge in [0.25, 0.3) is 0 Å². The first kappa shape index (κ1) is 17.8. The molecule has 122 valence electrons. The summed E-state index contributed by atoms with van der Waals surface area (Å²) in [6.45, 7) is 8.13. The number of hydrogen-bond donors (Lipinski definition) is 1. The summed E-state index contributed by atoms with van der Waals surface area (Å²) in [5.41, 5.74) is -0.535. The monoisotopic (exact) mass is 301 g/mol. The number of ether oxygens (including phenoxy) is 2. The van der Waals surface area contributed by atoms with Gasteiger partial charge < -0.3 is 19.5 Å². The summed E-state index contributed by atoms with van der Waals surface area (Å²) in [7, 11) is 0. The predicted octanol–water partition coefficient (Wildman–Crippen LogP) is 2.66. The highest BCUT2D eigenvalue weighted by Gasteiger charge is 2.31. The number of carbonyl (C=O) groups excluding carboxylic acids is 1. The van der Waals surface area contributed by atoms with Gasteiger partial charge in [-0.05, 0) is 46.5 Å². The van der Waals surface area contributed by atoms with Crippen LogP contribution < -0.4 is 0 Å². The quantitative estimate of drug-likeness (QED) is 0.845. The van der Waals surface area contributed by atoms with E-state index in [1.54, 1.807) is 11.8 Å². The van der Waals surface area contributed by atoms with Crippen molar-refractivity contribution in [3.8, 4) is 0 Å². The van der Waals surface area contributed by atoms with Crippen LogP contribution in [0.1, 0.15) is 53.4 Å². The molecule has 0 aromatic heterocycles. The van der Waals surface area contributed by atoms with E-state index in [0.29, 0.717) is 13.0 Å². The Labute approximate surface area is 126 Å². The molecule has 1 aliphatic heterocycles. The van der Waals surface area contributed by atoms with Gasteiger partial charge in [-0.15, -0.1) is 0 Å². The zero-order valence-corrected chi connectivity index (χ0v) is 13.4. The molecule has 6 nitrogen and oxygen atoms in total. The molecule has 1 rings (SSSR count). The van der Waals surface area contributed by atoms with Crippen molar-refractivity contribution in [2.75, 3.05) is 13.2 Å². The summed E-state index contributed by atoms with van der Waals surface area (Å²) in [5, 5.41) is 9.00. The molecule has 2 atom stereocenters. The molecule has 1 fully saturated rings. The van der Waals surface area contributed by atoms with Crippen molar-refractivity contribution < 1.29 is 24.2 Å². The second-order valence-corrected chi connectivity index (χ2v) is 6.39. The van der Waals surface area contributed by atoms with Crippen LogP contribution in [0.5, 0.6) is 0 Å². The molecule has 1 amide bonds. The summed E-state index contributed by atoms with van der Waals surface area (Å²) in [4.78, 5) is 24.9. The molecular weight excluding hydrogens is 274 g/mol. The molecule has 21 heavy (non-hydrogen) atoms. The van der Waals surface area contributed by atoms with Crippen molar-refractivity contribution in [3.63, 3.8) is 0 Å². The molecular formula is C15H27NO5. The fourth-order valence-electron chi connectivity index (χ4n) is 2.33. The van der Waals surface area contributed by atoms with Gasteiger partial charge in [0.05, 0.1) is 12.6 Å². The van der Waals surface area contributed by atoms with Crippen LogP contribution in [0.25, 0.3) is 0 Å². The van der Waals surface area contributed by atoms with E-state index in [1.165, 1.54) is 0 Å². The number of likely N-dealkylation sites (tertiary alicyclic amines) is 1. The number of amides is 1. The lowest BCUT2D eigenvalue weighted by Gasteiger charge is -2.36. The number of piperidine rings is 1. The molecule has 0 aromatic carbocycles. The van der Waals surface area contributed by atoms with Gasteiger partial charge in [-0.25, -0.2) is 9.59 Å². The predicted molar refractivity (Wildman–Crippen MR) is 78.2 cm³/mol. The highest BCUT2D eigenvalue weighted by atomic mass is 16.6. The molecule has 0 aliphatic carbocycles. The second-order valence-electron chi connectivity index (χ2n) is 6.39. The van der Waals surface area contributed by atoms with Crippen LogP contribution in [-0.4, -0.2) is 53.0 Å². The van der Waals surface area contributed by atoms with E-state index in [0.717, 1.165) is 19.3 Å². The summed E-state index contributed by atoms with van der Waals surface area (Å²) in [6.07, 6.45) is 2.01. The average molecular weight is 301 g/mol. The molecule has 1 saturated heterocycles. The second kappa shape index (κ2) is 7.64. The Kier molecular flexibility index (Phi) is 6.45. The SMILES string of the molecule is CCC(OCC1CCCCN1C(=O)OC(C)(C)C)C(=O)O. The lowest BCUT2D eigenvalue weighted by molar-refractivity contribution is -0.151. The first-order valence-electron chi connectivity index (χ1n) is 7.58. The normalized spacial score (nSPS) is 21.0. The number of carbonyl (C=O) groups is 2. The van der Waals surface area contributed by atoms with Crippen LogP contribution in [0, 0.1) is 0 Å². The fraction of sp³-hybridized carbons (Fsp3) is 0.867. The third kappa shape index (κ3) is 5.91. The number of nitrogens with zero attached hydrogens (tertiary/aromatic N) is 1. The molecule has 0 bridgehead atoms. The zero-order chi connectivity index (χ0) is 16.0. The van der Waals surface area contributed by atoms with E-state index < -0.39 is 17.7 Å². The highest BCUT2D eigenvalue weighted by molar-refractivity contribution is 5.72. The van der Waals surface area contributed by atoms with E-state index in [-0.39, 0.29) is 18.7 Å². The van der Waals surface area contributed by atoms with Crippen LogP contribution in [0.3, 0.4) is 0 Å². The van der Waals surface area contributed by atoms with E-state index in [1.807, 2.05) is 20.8 Å². The van der Waals surface area contributed by atoms with Crippen LogP contribution in [0.4, 0.5) is 4.79 Å². The number of hydrogen-bond acceptors (Lipinski definition) is 4. The minimum atomic E-state index is -0.961. The van der Waals surface area contributed by atoms with Gasteiger partial charge in [0.15, 0.2) is 6.10 Å². The van der Waals surface area contributed by atoms with Crippen molar-refractivity contribution in [3.05, 3.63) is 0 Å². The Morgan fingerprint density at radius 3 is 2.52 bits per heavy atom. The number of carboxylic acid groups (broad SMARTS) is 1. The summed E-state index contributed by atoms with van der Waals surface area (Å²) in [6, 6.07) is -0.109. The maximum atomic E-state index is 12.2. The summed E-state index contributed by atoms with van der Waals surface area (Å²) < 4.78 is 10.9. The smallest absolute Gasteiger partial charge is 0.410 e. The standard InChI is InChI=1S/C15H27NO5/c1-5-12(13(17)18)20-10-11-8-6-7-9-16(11)14(19)21-15(2,3)4/h11-12H,5-10H2,1-4H3,(H,17,18). The Balaban J connectivity index is 2.60. The minimum absolute atomic E-state index is 0.109. The van der Waals surface area contributed by atoms with Crippen LogP contribution in [0.2, 0.25) is 0 Å². The van der Waals surface area contributed by atoms with Gasteiger partial charge in [-0.2, -0.15) is 0 Å².